The summed E-state index contributed by atoms with van der Waals surface area (Å²) in [7, 11) is 0. The maximum atomic E-state index is 13.1. The van der Waals surface area contributed by atoms with Gasteiger partial charge < -0.3 is 4.90 Å². The average Bonchev–Trinajstić information content (AvgIpc) is 2.72. The van der Waals surface area contributed by atoms with E-state index < -0.39 is 0 Å². The second kappa shape index (κ2) is 9.00. The Balaban J connectivity index is 1.77. The number of hydrogen-bond donors (Lipinski definition) is 0. The molecule has 0 radical (unpaired) electrons. The van der Waals surface area contributed by atoms with E-state index in [9.17, 15) is 4.79 Å². The molecule has 2 heteroatoms. The number of rotatable bonds is 7. The molecule has 26 heavy (non-hydrogen) atoms. The molecule has 1 amide bonds. The summed E-state index contributed by atoms with van der Waals surface area (Å²) in [5.74, 6) is 0.0902. The van der Waals surface area contributed by atoms with Crippen LogP contribution < -0.4 is 0 Å². The number of nitrogens with zero attached hydrogens (tertiary/aromatic N) is 1. The molecule has 3 aromatic rings. The summed E-state index contributed by atoms with van der Waals surface area (Å²) in [6, 6.07) is 28.5. The molecule has 0 heterocycles. The largest absolute Gasteiger partial charge is 0.334 e. The highest BCUT2D eigenvalue weighted by molar-refractivity contribution is 5.94. The monoisotopic (exact) mass is 343 g/mol. The summed E-state index contributed by atoms with van der Waals surface area (Å²) < 4.78 is 0. The molecule has 0 spiro atoms. The second-order valence-electron chi connectivity index (χ2n) is 6.50. The topological polar surface area (TPSA) is 20.3 Å². The van der Waals surface area contributed by atoms with Gasteiger partial charge in [0.2, 0.25) is 0 Å². The molecule has 0 aliphatic heterocycles. The van der Waals surface area contributed by atoms with Gasteiger partial charge in [-0.3, -0.25) is 4.79 Å². The van der Waals surface area contributed by atoms with Crippen LogP contribution in [0.3, 0.4) is 0 Å². The quantitative estimate of drug-likeness (QED) is 0.582. The fraction of sp³-hybridized carbons (Fsp3) is 0.208. The van der Waals surface area contributed by atoms with E-state index >= 15 is 0 Å². The molecule has 0 aliphatic carbocycles. The minimum Gasteiger partial charge on any atom is -0.334 e. The minimum absolute atomic E-state index is 0.0902. The van der Waals surface area contributed by atoms with Crippen molar-refractivity contribution in [1.29, 1.82) is 0 Å². The van der Waals surface area contributed by atoms with E-state index in [1.807, 2.05) is 65.6 Å². The van der Waals surface area contributed by atoms with Crippen molar-refractivity contribution < 1.29 is 4.79 Å². The van der Waals surface area contributed by atoms with Crippen molar-refractivity contribution >= 4 is 5.91 Å². The van der Waals surface area contributed by atoms with Crippen LogP contribution >= 0.6 is 0 Å². The highest BCUT2D eigenvalue weighted by Gasteiger charge is 2.16. The van der Waals surface area contributed by atoms with Crippen LogP contribution in [-0.2, 0) is 19.4 Å². The van der Waals surface area contributed by atoms with Crippen molar-refractivity contribution in [2.75, 3.05) is 6.54 Å². The molecule has 0 aromatic heterocycles. The first-order valence-corrected chi connectivity index (χ1v) is 9.22. The summed E-state index contributed by atoms with van der Waals surface area (Å²) in [5, 5.41) is 0. The van der Waals surface area contributed by atoms with Crippen molar-refractivity contribution in [1.82, 2.24) is 4.90 Å². The Morgan fingerprint density at radius 1 is 0.731 bits per heavy atom. The SMILES string of the molecule is CCc1ccc(C(=O)N(CCc2ccccc2)Cc2ccccc2)cc1. The third kappa shape index (κ3) is 4.82. The molecule has 3 rings (SSSR count). The van der Waals surface area contributed by atoms with E-state index in [4.69, 9.17) is 0 Å². The molecule has 0 bridgehead atoms. The number of benzene rings is 3. The van der Waals surface area contributed by atoms with Gasteiger partial charge >= 0.3 is 0 Å². The summed E-state index contributed by atoms with van der Waals surface area (Å²) in [6.45, 7) is 3.45. The first-order valence-electron chi connectivity index (χ1n) is 9.22. The van der Waals surface area contributed by atoms with Crippen LogP contribution in [0.15, 0.2) is 84.9 Å². The van der Waals surface area contributed by atoms with E-state index in [0.29, 0.717) is 13.1 Å². The van der Waals surface area contributed by atoms with Crippen LogP contribution in [0.4, 0.5) is 0 Å². The number of hydrogen-bond acceptors (Lipinski definition) is 1. The molecule has 0 saturated heterocycles. The van der Waals surface area contributed by atoms with Crippen molar-refractivity contribution in [3.8, 4) is 0 Å². The van der Waals surface area contributed by atoms with Crippen molar-refractivity contribution in [2.24, 2.45) is 0 Å². The number of carbonyl (C=O) groups excluding carboxylic acids is 1. The molecule has 0 N–H and O–H groups in total. The summed E-state index contributed by atoms with van der Waals surface area (Å²) in [5.41, 5.74) is 4.41. The van der Waals surface area contributed by atoms with Gasteiger partial charge in [0.25, 0.3) is 5.91 Å². The zero-order valence-electron chi connectivity index (χ0n) is 15.3. The Hall–Kier alpha value is -2.87. The maximum Gasteiger partial charge on any atom is 0.254 e. The van der Waals surface area contributed by atoms with Gasteiger partial charge in [-0.25, -0.2) is 0 Å². The van der Waals surface area contributed by atoms with Crippen LogP contribution in [0.2, 0.25) is 0 Å². The van der Waals surface area contributed by atoms with Crippen LogP contribution in [-0.4, -0.2) is 17.4 Å². The lowest BCUT2D eigenvalue weighted by Gasteiger charge is -2.23. The molecule has 3 aromatic carbocycles. The van der Waals surface area contributed by atoms with Gasteiger partial charge in [-0.1, -0.05) is 79.7 Å². The average molecular weight is 343 g/mol. The smallest absolute Gasteiger partial charge is 0.254 e. The Kier molecular flexibility index (Phi) is 6.21. The first-order chi connectivity index (χ1) is 12.8. The lowest BCUT2D eigenvalue weighted by molar-refractivity contribution is 0.0745. The van der Waals surface area contributed by atoms with Gasteiger partial charge in [0.05, 0.1) is 0 Å². The van der Waals surface area contributed by atoms with Gasteiger partial charge in [-0.2, -0.15) is 0 Å². The molecule has 0 aliphatic rings. The molecule has 0 atom stereocenters. The van der Waals surface area contributed by atoms with Crippen molar-refractivity contribution in [3.05, 3.63) is 107 Å². The van der Waals surface area contributed by atoms with E-state index in [-0.39, 0.29) is 5.91 Å². The lowest BCUT2D eigenvalue weighted by Crippen LogP contribution is -2.32. The van der Waals surface area contributed by atoms with Gasteiger partial charge in [-0.15, -0.1) is 0 Å². The second-order valence-corrected chi connectivity index (χ2v) is 6.50. The Morgan fingerprint density at radius 3 is 1.88 bits per heavy atom. The Bertz CT molecular complexity index is 810. The van der Waals surface area contributed by atoms with Crippen molar-refractivity contribution in [3.63, 3.8) is 0 Å². The number of carbonyl (C=O) groups is 1. The summed E-state index contributed by atoms with van der Waals surface area (Å²) in [4.78, 5) is 15.0. The van der Waals surface area contributed by atoms with Gasteiger partial charge in [-0.05, 0) is 41.7 Å². The van der Waals surface area contributed by atoms with Crippen LogP contribution in [0.5, 0.6) is 0 Å². The van der Waals surface area contributed by atoms with E-state index in [1.165, 1.54) is 11.1 Å². The van der Waals surface area contributed by atoms with Crippen molar-refractivity contribution in [2.45, 2.75) is 26.3 Å². The minimum atomic E-state index is 0.0902. The van der Waals surface area contributed by atoms with Crippen LogP contribution in [0.25, 0.3) is 0 Å². The summed E-state index contributed by atoms with van der Waals surface area (Å²) in [6.07, 6.45) is 1.84. The third-order valence-electron chi connectivity index (χ3n) is 4.63. The molecular weight excluding hydrogens is 318 g/mol. The van der Waals surface area contributed by atoms with E-state index in [1.54, 1.807) is 0 Å². The molecule has 132 valence electrons. The number of aryl methyl sites for hydroxylation is 1. The van der Waals surface area contributed by atoms with Crippen LogP contribution in [0, 0.1) is 0 Å². The normalized spacial score (nSPS) is 10.5. The molecular formula is C24H25NO. The van der Waals surface area contributed by atoms with Gasteiger partial charge in [0.15, 0.2) is 0 Å². The molecule has 0 unspecified atom stereocenters. The highest BCUT2D eigenvalue weighted by Crippen LogP contribution is 2.13. The van der Waals surface area contributed by atoms with E-state index in [2.05, 4.69) is 31.2 Å². The predicted molar refractivity (Wildman–Crippen MR) is 107 cm³/mol. The third-order valence-corrected chi connectivity index (χ3v) is 4.63. The van der Waals surface area contributed by atoms with Gasteiger partial charge in [0, 0.05) is 18.7 Å². The predicted octanol–water partition coefficient (Wildman–Crippen LogP) is 5.13. The zero-order chi connectivity index (χ0) is 18.2. The Labute approximate surface area is 156 Å². The molecule has 2 nitrogen and oxygen atoms in total. The van der Waals surface area contributed by atoms with Gasteiger partial charge in [0.1, 0.15) is 0 Å². The fourth-order valence-electron chi connectivity index (χ4n) is 3.03. The Morgan fingerprint density at radius 2 is 1.31 bits per heavy atom. The lowest BCUT2D eigenvalue weighted by atomic mass is 10.1. The summed E-state index contributed by atoms with van der Waals surface area (Å²) >= 11 is 0. The zero-order valence-corrected chi connectivity index (χ0v) is 15.3. The van der Waals surface area contributed by atoms with E-state index in [0.717, 1.165) is 24.0 Å². The maximum absolute atomic E-state index is 13.1. The fourth-order valence-corrected chi connectivity index (χ4v) is 3.03. The van der Waals surface area contributed by atoms with Crippen LogP contribution in [0.1, 0.15) is 34.0 Å². The standard InChI is InChI=1S/C24H25NO/c1-2-20-13-15-23(16-14-20)24(26)25(19-22-11-7-4-8-12-22)18-17-21-9-5-3-6-10-21/h3-16H,2,17-19H2,1H3. The highest BCUT2D eigenvalue weighted by atomic mass is 16.2. The number of amides is 1. The first kappa shape index (κ1) is 17.9. The molecule has 0 fully saturated rings. The molecule has 0 saturated carbocycles.